The van der Waals surface area contributed by atoms with Crippen LogP contribution in [0.5, 0.6) is 0 Å². The van der Waals surface area contributed by atoms with Gasteiger partial charge in [-0.2, -0.15) is 0 Å². The molecule has 0 unspecified atom stereocenters. The Hall–Kier alpha value is -1.85. The summed E-state index contributed by atoms with van der Waals surface area (Å²) in [5, 5.41) is 0. The van der Waals surface area contributed by atoms with Gasteiger partial charge in [-0.3, -0.25) is 4.90 Å². The van der Waals surface area contributed by atoms with E-state index < -0.39 is 0 Å². The van der Waals surface area contributed by atoms with Crippen molar-refractivity contribution in [3.8, 4) is 0 Å². The topological polar surface area (TPSA) is 54.5 Å². The standard InChI is InChI=1S/C6H3NO3/c8-4-1-7(2-5-9)3-6-10/h1-3H. The summed E-state index contributed by atoms with van der Waals surface area (Å²) < 4.78 is 0. The molecule has 0 aliphatic carbocycles. The Morgan fingerprint density at radius 3 is 1.30 bits per heavy atom. The van der Waals surface area contributed by atoms with Crippen LogP contribution in [-0.4, -0.2) is 22.7 Å². The molecule has 0 fully saturated rings. The van der Waals surface area contributed by atoms with Crippen molar-refractivity contribution < 1.29 is 14.4 Å². The zero-order valence-corrected chi connectivity index (χ0v) is 4.90. The second kappa shape index (κ2) is 5.29. The van der Waals surface area contributed by atoms with E-state index in [1.54, 1.807) is 0 Å². The minimum absolute atomic E-state index is 0.857. The van der Waals surface area contributed by atoms with Gasteiger partial charge in [0.15, 0.2) is 0 Å². The van der Waals surface area contributed by atoms with E-state index in [9.17, 15) is 14.4 Å². The van der Waals surface area contributed by atoms with E-state index in [-0.39, 0.29) is 0 Å². The molecule has 0 aromatic heterocycles. The van der Waals surface area contributed by atoms with Crippen LogP contribution < -0.4 is 0 Å². The Balaban J connectivity index is 4.39. The Morgan fingerprint density at radius 2 is 1.10 bits per heavy atom. The number of hydrogen-bond acceptors (Lipinski definition) is 4. The Kier molecular flexibility index (Phi) is 4.31. The molecule has 0 aromatic carbocycles. The third-order valence-corrected chi connectivity index (χ3v) is 0.605. The van der Waals surface area contributed by atoms with Gasteiger partial charge in [0.2, 0.25) is 0 Å². The monoisotopic (exact) mass is 137 g/mol. The lowest BCUT2D eigenvalue weighted by atomic mass is 10.7. The average Bonchev–Trinajstić information content (AvgIpc) is 1.90. The summed E-state index contributed by atoms with van der Waals surface area (Å²) in [4.78, 5) is 29.8. The van der Waals surface area contributed by atoms with Gasteiger partial charge in [0.05, 0.1) is 18.6 Å². The van der Waals surface area contributed by atoms with Crippen molar-refractivity contribution >= 4 is 17.8 Å². The summed E-state index contributed by atoms with van der Waals surface area (Å²) in [7, 11) is 0. The molecule has 0 aromatic rings. The molecule has 0 heterocycles. The molecule has 0 spiro atoms. The molecule has 0 atom stereocenters. The van der Waals surface area contributed by atoms with Crippen LogP contribution in [0, 0.1) is 0 Å². The van der Waals surface area contributed by atoms with E-state index in [2.05, 4.69) is 0 Å². The Morgan fingerprint density at radius 1 is 0.800 bits per heavy atom. The van der Waals surface area contributed by atoms with Crippen molar-refractivity contribution in [1.82, 2.24) is 4.90 Å². The van der Waals surface area contributed by atoms with Gasteiger partial charge in [-0.25, -0.2) is 14.4 Å². The molecule has 0 saturated heterocycles. The predicted octanol–water partition coefficient (Wildman–Crippen LogP) is -0.676. The number of hydrogen-bond donors (Lipinski definition) is 0. The van der Waals surface area contributed by atoms with E-state index in [0.29, 0.717) is 0 Å². The maximum atomic E-state index is 9.64. The number of carbonyl (C=O) groups excluding carboxylic acids is 3. The third kappa shape index (κ3) is 3.19. The van der Waals surface area contributed by atoms with Crippen LogP contribution in [-0.2, 0) is 14.4 Å². The van der Waals surface area contributed by atoms with Crippen LogP contribution in [0.25, 0.3) is 0 Å². The average molecular weight is 137 g/mol. The highest BCUT2D eigenvalue weighted by Crippen LogP contribution is 1.83. The predicted molar refractivity (Wildman–Crippen MR) is 32.6 cm³/mol. The molecule has 10 heavy (non-hydrogen) atoms. The summed E-state index contributed by atoms with van der Waals surface area (Å²) in [5.74, 6) is 4.10. The van der Waals surface area contributed by atoms with Gasteiger partial charge >= 0.3 is 0 Å². The lowest BCUT2D eigenvalue weighted by Gasteiger charge is -1.97. The maximum absolute atomic E-state index is 9.64. The highest BCUT2D eigenvalue weighted by atomic mass is 16.1. The lowest BCUT2D eigenvalue weighted by Crippen LogP contribution is -1.99. The van der Waals surface area contributed by atoms with Crippen LogP contribution in [0.4, 0.5) is 0 Å². The Bertz CT molecular complexity index is 197. The fourth-order valence-corrected chi connectivity index (χ4v) is 0.294. The van der Waals surface area contributed by atoms with Crippen molar-refractivity contribution in [2.45, 2.75) is 0 Å². The molecule has 0 aliphatic rings. The first-order chi connectivity index (χ1) is 4.85. The molecule has 4 heteroatoms. The van der Waals surface area contributed by atoms with Crippen LogP contribution in [0.2, 0.25) is 0 Å². The first-order valence-corrected chi connectivity index (χ1v) is 2.25. The fourth-order valence-electron chi connectivity index (χ4n) is 0.294. The molecule has 0 amide bonds. The van der Waals surface area contributed by atoms with Gasteiger partial charge < -0.3 is 0 Å². The molecular weight excluding hydrogens is 134 g/mol. The van der Waals surface area contributed by atoms with E-state index in [1.165, 1.54) is 17.8 Å². The van der Waals surface area contributed by atoms with Gasteiger partial charge in [0.25, 0.3) is 0 Å². The Labute approximate surface area is 56.7 Å². The second-order valence-electron chi connectivity index (χ2n) is 1.19. The van der Waals surface area contributed by atoms with E-state index >= 15 is 0 Å². The summed E-state index contributed by atoms with van der Waals surface area (Å²) in [6.07, 6.45) is 2.57. The van der Waals surface area contributed by atoms with Crippen LogP contribution in [0.3, 0.4) is 0 Å². The van der Waals surface area contributed by atoms with Crippen molar-refractivity contribution in [3.05, 3.63) is 18.6 Å². The van der Waals surface area contributed by atoms with Gasteiger partial charge in [0.1, 0.15) is 17.8 Å². The highest BCUT2D eigenvalue weighted by molar-refractivity contribution is 5.53. The normalized spacial score (nSPS) is 6.00. The lowest BCUT2D eigenvalue weighted by molar-refractivity contribution is 0.552. The van der Waals surface area contributed by atoms with Crippen molar-refractivity contribution in [3.63, 3.8) is 0 Å². The fraction of sp³-hybridized carbons (Fsp3) is 0. The van der Waals surface area contributed by atoms with Crippen molar-refractivity contribution in [2.75, 3.05) is 0 Å². The van der Waals surface area contributed by atoms with Gasteiger partial charge in [-0.15, -0.1) is 0 Å². The zero-order chi connectivity index (χ0) is 7.82. The number of rotatable bonds is 3. The summed E-state index contributed by atoms with van der Waals surface area (Å²) >= 11 is 0. The first kappa shape index (κ1) is 8.15. The minimum atomic E-state index is 0.857. The van der Waals surface area contributed by atoms with E-state index in [1.807, 2.05) is 0 Å². The van der Waals surface area contributed by atoms with Crippen LogP contribution >= 0.6 is 0 Å². The van der Waals surface area contributed by atoms with Gasteiger partial charge in [0, 0.05) is 0 Å². The zero-order valence-electron chi connectivity index (χ0n) is 4.90. The van der Waals surface area contributed by atoms with Crippen molar-refractivity contribution in [1.29, 1.82) is 0 Å². The number of nitrogens with zero attached hydrogens (tertiary/aromatic N) is 1. The van der Waals surface area contributed by atoms with Gasteiger partial charge in [-0.1, -0.05) is 0 Å². The molecule has 0 radical (unpaired) electrons. The molecule has 50 valence electrons. The summed E-state index contributed by atoms with van der Waals surface area (Å²) in [5.41, 5.74) is 0. The molecule has 0 rings (SSSR count). The highest BCUT2D eigenvalue weighted by Gasteiger charge is 1.84. The first-order valence-electron chi connectivity index (χ1n) is 2.25. The molecule has 0 bridgehead atoms. The quantitative estimate of drug-likeness (QED) is 0.484. The van der Waals surface area contributed by atoms with E-state index in [4.69, 9.17) is 0 Å². The van der Waals surface area contributed by atoms with Crippen LogP contribution in [0.15, 0.2) is 18.6 Å². The minimum Gasteiger partial charge on any atom is -0.300 e. The maximum Gasteiger partial charge on any atom is 0.142 e. The smallest absolute Gasteiger partial charge is 0.142 e. The molecule has 4 nitrogen and oxygen atoms in total. The largest absolute Gasteiger partial charge is 0.300 e. The van der Waals surface area contributed by atoms with Crippen molar-refractivity contribution in [2.24, 2.45) is 0 Å². The summed E-state index contributed by atoms with van der Waals surface area (Å²) in [6.45, 7) is 0. The molecule has 0 N–H and O–H groups in total. The van der Waals surface area contributed by atoms with Crippen LogP contribution in [0.1, 0.15) is 0 Å². The summed E-state index contributed by atoms with van der Waals surface area (Å²) in [6, 6.07) is 0. The molecular formula is C6H3NO3. The molecule has 0 saturated carbocycles. The molecule has 0 aliphatic heterocycles. The van der Waals surface area contributed by atoms with E-state index in [0.717, 1.165) is 23.5 Å². The SMILES string of the molecule is O=C=CN(C=C=O)C=C=O. The second-order valence-corrected chi connectivity index (χ2v) is 1.19. The van der Waals surface area contributed by atoms with Gasteiger partial charge in [-0.05, 0) is 0 Å². The third-order valence-electron chi connectivity index (χ3n) is 0.605.